The summed E-state index contributed by atoms with van der Waals surface area (Å²) < 4.78 is 0. The van der Waals surface area contributed by atoms with Crippen LogP contribution in [0.15, 0.2) is 115 Å². The molecule has 30 heavy (non-hydrogen) atoms. The summed E-state index contributed by atoms with van der Waals surface area (Å²) in [4.78, 5) is 1.90. The van der Waals surface area contributed by atoms with Crippen LogP contribution in [0.4, 0.5) is 0 Å². The Kier molecular flexibility index (Phi) is 5.15. The molecule has 0 aliphatic rings. The van der Waals surface area contributed by atoms with E-state index in [4.69, 9.17) is 0 Å². The maximum absolute atomic E-state index is 4.62. The maximum atomic E-state index is 4.62. The van der Waals surface area contributed by atoms with Crippen molar-refractivity contribution in [1.82, 2.24) is 15.0 Å². The molecule has 0 saturated carbocycles. The molecule has 0 aliphatic heterocycles. The maximum Gasteiger partial charge on any atom is 0.175 e. The van der Waals surface area contributed by atoms with Gasteiger partial charge in [-0.2, -0.15) is 4.80 Å². The molecule has 1 heterocycles. The van der Waals surface area contributed by atoms with Crippen LogP contribution in [0.25, 0.3) is 11.4 Å². The number of H-pyrrole nitrogens is 1. The van der Waals surface area contributed by atoms with Gasteiger partial charge in [-0.25, -0.2) is 0 Å². The van der Waals surface area contributed by atoms with Crippen LogP contribution in [-0.4, -0.2) is 23.8 Å². The van der Waals surface area contributed by atoms with E-state index in [9.17, 15) is 0 Å². The van der Waals surface area contributed by atoms with Crippen molar-refractivity contribution >= 4 is 24.4 Å². The average Bonchev–Trinajstić information content (AvgIpc) is 2.79. The van der Waals surface area contributed by atoms with E-state index in [0.29, 0.717) is 0 Å². The van der Waals surface area contributed by atoms with Crippen LogP contribution in [-0.2, 0) is 6.54 Å². The molecule has 0 fully saturated rings. The number of hydrogen-bond donors (Lipinski definition) is 1. The van der Waals surface area contributed by atoms with Gasteiger partial charge in [-0.05, 0) is 5.56 Å². The van der Waals surface area contributed by atoms with E-state index in [1.165, 1.54) is 21.1 Å². The van der Waals surface area contributed by atoms with Crippen molar-refractivity contribution < 1.29 is 0 Å². The summed E-state index contributed by atoms with van der Waals surface area (Å²) in [5.74, 6) is 0.921. The van der Waals surface area contributed by atoms with E-state index < -0.39 is 8.80 Å². The third-order valence-corrected chi connectivity index (χ3v) is 7.89. The van der Waals surface area contributed by atoms with E-state index in [0.717, 1.165) is 17.9 Å². The van der Waals surface area contributed by atoms with Gasteiger partial charge in [0.1, 0.15) is 0 Å². The molecule has 0 spiro atoms. The zero-order valence-electron chi connectivity index (χ0n) is 16.6. The highest BCUT2D eigenvalue weighted by Gasteiger charge is 2.19. The SMILES string of the molecule is c1ccc(-c2nn(Cc3cccc([Si](c4ccccc4)c4ccccc4)c3)[nH]2)cc1. The van der Waals surface area contributed by atoms with Crippen molar-refractivity contribution in [3.63, 3.8) is 0 Å². The quantitative estimate of drug-likeness (QED) is 0.341. The molecule has 0 bridgehead atoms. The van der Waals surface area contributed by atoms with Crippen LogP contribution in [0.5, 0.6) is 0 Å². The first-order chi connectivity index (χ1) is 14.9. The molecule has 0 aliphatic carbocycles. The molecule has 145 valence electrons. The molecule has 4 aromatic carbocycles. The lowest BCUT2D eigenvalue weighted by Gasteiger charge is -2.18. The van der Waals surface area contributed by atoms with Gasteiger partial charge in [-0.15, -0.1) is 5.10 Å². The standard InChI is InChI=1S/C26H22N3Si/c1-4-12-22(13-5-1)26-27-29(28-26)20-21-11-10-18-25(19-21)30(23-14-6-2-7-15-23)24-16-8-3-9-17-24/h1-19H,20H2,(H,27,28). The highest BCUT2D eigenvalue weighted by Crippen LogP contribution is 2.14. The number of benzene rings is 4. The monoisotopic (exact) mass is 404 g/mol. The highest BCUT2D eigenvalue weighted by atomic mass is 28.3. The first-order valence-corrected chi connectivity index (χ1v) is 11.6. The zero-order chi connectivity index (χ0) is 20.2. The first-order valence-electron chi connectivity index (χ1n) is 10.1. The van der Waals surface area contributed by atoms with Crippen molar-refractivity contribution in [2.75, 3.05) is 0 Å². The molecule has 5 aromatic rings. The molecule has 0 unspecified atom stereocenters. The van der Waals surface area contributed by atoms with E-state index in [-0.39, 0.29) is 0 Å². The van der Waals surface area contributed by atoms with Gasteiger partial charge in [0.15, 0.2) is 14.6 Å². The van der Waals surface area contributed by atoms with E-state index in [1.807, 2.05) is 23.0 Å². The van der Waals surface area contributed by atoms with Crippen LogP contribution in [0.2, 0.25) is 0 Å². The molecule has 1 N–H and O–H groups in total. The van der Waals surface area contributed by atoms with Crippen LogP contribution in [0.3, 0.4) is 0 Å². The zero-order valence-corrected chi connectivity index (χ0v) is 17.6. The van der Waals surface area contributed by atoms with Crippen molar-refractivity contribution in [3.05, 3.63) is 121 Å². The van der Waals surface area contributed by atoms with Gasteiger partial charge in [0.2, 0.25) is 0 Å². The molecule has 0 atom stereocenters. The van der Waals surface area contributed by atoms with Gasteiger partial charge in [-0.1, -0.05) is 131 Å². The van der Waals surface area contributed by atoms with E-state index >= 15 is 0 Å². The molecule has 4 heteroatoms. The Hall–Kier alpha value is -3.63. The predicted octanol–water partition coefficient (Wildman–Crippen LogP) is 3.44. The van der Waals surface area contributed by atoms with E-state index in [1.54, 1.807) is 0 Å². The fraction of sp³-hybridized carbons (Fsp3) is 0.0385. The Morgan fingerprint density at radius 3 is 1.77 bits per heavy atom. The number of rotatable bonds is 6. The highest BCUT2D eigenvalue weighted by molar-refractivity contribution is 6.95. The number of hydrogen-bond acceptors (Lipinski definition) is 1. The minimum absolute atomic E-state index is 0.739. The van der Waals surface area contributed by atoms with Gasteiger partial charge >= 0.3 is 0 Å². The Morgan fingerprint density at radius 2 is 1.17 bits per heavy atom. The molecule has 0 saturated heterocycles. The van der Waals surface area contributed by atoms with Gasteiger partial charge in [-0.3, -0.25) is 5.10 Å². The second-order valence-electron chi connectivity index (χ2n) is 7.29. The van der Waals surface area contributed by atoms with Crippen LogP contribution in [0.1, 0.15) is 5.56 Å². The third-order valence-electron chi connectivity index (χ3n) is 5.18. The first kappa shape index (κ1) is 18.4. The van der Waals surface area contributed by atoms with Crippen LogP contribution < -0.4 is 15.6 Å². The van der Waals surface area contributed by atoms with Crippen molar-refractivity contribution in [2.45, 2.75) is 6.54 Å². The van der Waals surface area contributed by atoms with Gasteiger partial charge in [0.25, 0.3) is 0 Å². The Balaban J connectivity index is 1.43. The fourth-order valence-corrected chi connectivity index (χ4v) is 6.39. The number of nitrogens with one attached hydrogen (secondary N) is 1. The molecule has 1 aromatic heterocycles. The third kappa shape index (κ3) is 3.91. The summed E-state index contributed by atoms with van der Waals surface area (Å²) in [6.45, 7) is 0.739. The van der Waals surface area contributed by atoms with E-state index in [2.05, 4.69) is 107 Å². The molecule has 5 rings (SSSR count). The minimum Gasteiger partial charge on any atom is -0.263 e. The summed E-state index contributed by atoms with van der Waals surface area (Å²) in [5, 5.41) is 12.2. The molecule has 1 radical (unpaired) electrons. The Labute approximate surface area is 178 Å². The van der Waals surface area contributed by atoms with Gasteiger partial charge in [0, 0.05) is 5.56 Å². The summed E-state index contributed by atoms with van der Waals surface area (Å²) in [6.07, 6.45) is 0. The lowest BCUT2D eigenvalue weighted by Crippen LogP contribution is -2.52. The largest absolute Gasteiger partial charge is 0.263 e. The van der Waals surface area contributed by atoms with Crippen molar-refractivity contribution in [3.8, 4) is 11.4 Å². The fourth-order valence-electron chi connectivity index (χ4n) is 3.75. The average molecular weight is 405 g/mol. The van der Waals surface area contributed by atoms with Gasteiger partial charge < -0.3 is 0 Å². The minimum atomic E-state index is -1.05. The van der Waals surface area contributed by atoms with Crippen LogP contribution >= 0.6 is 0 Å². The summed E-state index contributed by atoms with van der Waals surface area (Å²) in [6, 6.07) is 40.9. The summed E-state index contributed by atoms with van der Waals surface area (Å²) in [7, 11) is -1.05. The lowest BCUT2D eigenvalue weighted by atomic mass is 10.2. The smallest absolute Gasteiger partial charge is 0.175 e. The summed E-state index contributed by atoms with van der Waals surface area (Å²) in [5.41, 5.74) is 2.37. The van der Waals surface area contributed by atoms with Crippen LogP contribution in [0, 0.1) is 0 Å². The molecular weight excluding hydrogens is 382 g/mol. The molecule has 0 amide bonds. The second kappa shape index (κ2) is 8.39. The normalized spacial score (nSPS) is 11.1. The van der Waals surface area contributed by atoms with Crippen molar-refractivity contribution in [1.29, 1.82) is 0 Å². The van der Waals surface area contributed by atoms with Gasteiger partial charge in [0.05, 0.1) is 6.54 Å². The summed E-state index contributed by atoms with van der Waals surface area (Å²) >= 11 is 0. The predicted molar refractivity (Wildman–Crippen MR) is 125 cm³/mol. The number of aromatic nitrogens is 3. The Morgan fingerprint density at radius 1 is 0.633 bits per heavy atom. The lowest BCUT2D eigenvalue weighted by molar-refractivity contribution is 0.509. The van der Waals surface area contributed by atoms with Crippen molar-refractivity contribution in [2.24, 2.45) is 0 Å². The molecule has 3 nitrogen and oxygen atoms in total. The molecular formula is C26H22N3Si. The second-order valence-corrected chi connectivity index (χ2v) is 9.77. The number of aromatic amines is 1. The number of nitrogens with zero attached hydrogens (tertiary/aromatic N) is 2. The Bertz CT molecular complexity index is 1160. The topological polar surface area (TPSA) is 33.6 Å².